The number of hydrogen-bond acceptors (Lipinski definition) is 8. The number of H-pyrrole nitrogens is 1. The van der Waals surface area contributed by atoms with Crippen molar-refractivity contribution in [2.24, 2.45) is 0 Å². The molecular formula is C24H30N4O6. The van der Waals surface area contributed by atoms with E-state index >= 15 is 0 Å². The third-order valence-electron chi connectivity index (χ3n) is 5.37. The van der Waals surface area contributed by atoms with Crippen molar-refractivity contribution in [3.8, 4) is 17.2 Å². The molecule has 0 spiro atoms. The molecule has 0 saturated heterocycles. The van der Waals surface area contributed by atoms with Crippen LogP contribution in [0.4, 0.5) is 5.95 Å². The van der Waals surface area contributed by atoms with Crippen LogP contribution in [0.2, 0.25) is 0 Å². The van der Waals surface area contributed by atoms with Gasteiger partial charge in [0, 0.05) is 40.4 Å². The molecule has 1 amide bonds. The van der Waals surface area contributed by atoms with E-state index in [-0.39, 0.29) is 29.2 Å². The van der Waals surface area contributed by atoms with Crippen LogP contribution >= 0.6 is 0 Å². The van der Waals surface area contributed by atoms with Crippen LogP contribution in [0.1, 0.15) is 11.1 Å². The van der Waals surface area contributed by atoms with E-state index in [1.165, 1.54) is 28.4 Å². The molecule has 1 aromatic heterocycles. The predicted octanol–water partition coefficient (Wildman–Crippen LogP) is 2.19. The fraction of sp³-hybridized carbons (Fsp3) is 0.375. The van der Waals surface area contributed by atoms with Gasteiger partial charge in [0.25, 0.3) is 5.56 Å². The smallest absolute Gasteiger partial charge is 0.264 e. The van der Waals surface area contributed by atoms with Crippen LogP contribution in [0.25, 0.3) is 10.9 Å². The van der Waals surface area contributed by atoms with E-state index in [0.717, 1.165) is 11.1 Å². The maximum Gasteiger partial charge on any atom is 0.264 e. The first-order chi connectivity index (χ1) is 16.3. The van der Waals surface area contributed by atoms with E-state index in [0.29, 0.717) is 36.1 Å². The average Bonchev–Trinajstić information content (AvgIpc) is 2.82. The summed E-state index contributed by atoms with van der Waals surface area (Å²) in [6.07, 6.45) is 0. The third-order valence-corrected chi connectivity index (χ3v) is 5.37. The molecule has 3 aromatic rings. The van der Waals surface area contributed by atoms with E-state index < -0.39 is 0 Å². The Morgan fingerprint density at radius 2 is 1.65 bits per heavy atom. The molecule has 0 aliphatic carbocycles. The van der Waals surface area contributed by atoms with Crippen LogP contribution in [-0.4, -0.2) is 69.9 Å². The number of rotatable bonds is 10. The van der Waals surface area contributed by atoms with Gasteiger partial charge in [-0.05, 0) is 11.1 Å². The van der Waals surface area contributed by atoms with Crippen molar-refractivity contribution in [1.29, 1.82) is 0 Å². The lowest BCUT2D eigenvalue weighted by Gasteiger charge is -2.20. The van der Waals surface area contributed by atoms with Gasteiger partial charge in [-0.1, -0.05) is 24.3 Å². The summed E-state index contributed by atoms with van der Waals surface area (Å²) in [5.41, 5.74) is 2.06. The number of carbonyl (C=O) groups excluding carboxylic acids is 1. The van der Waals surface area contributed by atoms with E-state index in [1.807, 2.05) is 36.2 Å². The maximum absolute atomic E-state index is 13.0. The van der Waals surface area contributed by atoms with Gasteiger partial charge in [0.2, 0.25) is 17.6 Å². The fourth-order valence-corrected chi connectivity index (χ4v) is 3.71. The summed E-state index contributed by atoms with van der Waals surface area (Å²) in [7, 11) is 9.52. The molecule has 1 N–H and O–H groups in total. The quantitative estimate of drug-likeness (QED) is 0.481. The molecule has 1 heterocycles. The first kappa shape index (κ1) is 24.8. The zero-order valence-corrected chi connectivity index (χ0v) is 20.3. The summed E-state index contributed by atoms with van der Waals surface area (Å²) in [6, 6.07) is 9.54. The van der Waals surface area contributed by atoms with Gasteiger partial charge in [0.15, 0.2) is 11.5 Å². The number of carbonyl (C=O) groups is 1. The van der Waals surface area contributed by atoms with Gasteiger partial charge in [-0.15, -0.1) is 0 Å². The van der Waals surface area contributed by atoms with Gasteiger partial charge in [-0.3, -0.25) is 14.6 Å². The lowest BCUT2D eigenvalue weighted by molar-refractivity contribution is -0.134. The van der Waals surface area contributed by atoms with Gasteiger partial charge in [0.1, 0.15) is 12.0 Å². The number of aromatic amines is 1. The lowest BCUT2D eigenvalue weighted by atomic mass is 10.1. The van der Waals surface area contributed by atoms with Crippen LogP contribution in [0, 0.1) is 0 Å². The van der Waals surface area contributed by atoms with Gasteiger partial charge < -0.3 is 28.7 Å². The Bertz CT molecular complexity index is 1230. The Hall–Kier alpha value is -3.79. The largest absolute Gasteiger partial charge is 0.493 e. The zero-order valence-electron chi connectivity index (χ0n) is 20.3. The molecule has 0 atom stereocenters. The molecule has 0 aliphatic heterocycles. The molecule has 0 radical (unpaired) electrons. The van der Waals surface area contributed by atoms with E-state index in [1.54, 1.807) is 18.0 Å². The number of ether oxygens (including phenoxy) is 4. The highest BCUT2D eigenvalue weighted by Gasteiger charge is 2.21. The number of hydrogen-bond donors (Lipinski definition) is 1. The van der Waals surface area contributed by atoms with Crippen molar-refractivity contribution in [3.05, 3.63) is 51.8 Å². The monoisotopic (exact) mass is 470 g/mol. The zero-order chi connectivity index (χ0) is 24.8. The van der Waals surface area contributed by atoms with Gasteiger partial charge in [-0.25, -0.2) is 4.98 Å². The minimum Gasteiger partial charge on any atom is -0.493 e. The summed E-state index contributed by atoms with van der Waals surface area (Å²) in [5.74, 6) is 1.31. The Morgan fingerprint density at radius 3 is 2.26 bits per heavy atom. The molecular weight excluding hydrogens is 440 g/mol. The van der Waals surface area contributed by atoms with Crippen LogP contribution in [0.3, 0.4) is 0 Å². The number of benzene rings is 2. The highest BCUT2D eigenvalue weighted by atomic mass is 16.5. The minimum absolute atomic E-state index is 0.0430. The molecule has 0 aliphatic rings. The van der Waals surface area contributed by atoms with Crippen molar-refractivity contribution in [2.45, 2.75) is 13.1 Å². The number of nitrogens with zero attached hydrogens (tertiary/aromatic N) is 3. The Morgan fingerprint density at radius 1 is 0.971 bits per heavy atom. The number of aromatic nitrogens is 2. The molecule has 0 saturated carbocycles. The van der Waals surface area contributed by atoms with Crippen LogP contribution in [-0.2, 0) is 22.6 Å². The highest BCUT2D eigenvalue weighted by molar-refractivity contribution is 5.90. The Labute approximate surface area is 198 Å². The number of anilines is 1. The molecule has 0 unspecified atom stereocenters. The predicted molar refractivity (Wildman–Crippen MR) is 129 cm³/mol. The molecule has 0 fully saturated rings. The van der Waals surface area contributed by atoms with Crippen molar-refractivity contribution in [3.63, 3.8) is 0 Å². The topological polar surface area (TPSA) is 106 Å². The molecule has 34 heavy (non-hydrogen) atoms. The third kappa shape index (κ3) is 5.23. The van der Waals surface area contributed by atoms with Gasteiger partial charge in [0.05, 0.1) is 26.8 Å². The summed E-state index contributed by atoms with van der Waals surface area (Å²) >= 11 is 0. The van der Waals surface area contributed by atoms with Crippen molar-refractivity contribution in [2.75, 3.05) is 54.0 Å². The van der Waals surface area contributed by atoms with Gasteiger partial charge >= 0.3 is 0 Å². The number of nitrogens with one attached hydrogen (secondary N) is 1. The SMILES string of the molecule is COCC(=O)N(C)Cc1cccc(CN(C)c2nc3cc(OC)c(OC)c(OC)c3c(=O)[nH]2)c1. The molecule has 0 bridgehead atoms. The molecule has 3 rings (SSSR count). The summed E-state index contributed by atoms with van der Waals surface area (Å²) in [6.45, 7) is 0.996. The van der Waals surface area contributed by atoms with E-state index in [2.05, 4.69) is 9.97 Å². The van der Waals surface area contributed by atoms with Crippen molar-refractivity contribution in [1.82, 2.24) is 14.9 Å². The second-order valence-corrected chi connectivity index (χ2v) is 7.79. The fourth-order valence-electron chi connectivity index (χ4n) is 3.71. The normalized spacial score (nSPS) is 10.8. The molecule has 182 valence electrons. The Balaban J connectivity index is 1.89. The summed E-state index contributed by atoms with van der Waals surface area (Å²) < 4.78 is 21.1. The molecule has 10 nitrogen and oxygen atoms in total. The summed E-state index contributed by atoms with van der Waals surface area (Å²) in [5, 5.41) is 0.281. The van der Waals surface area contributed by atoms with Crippen LogP contribution in [0.15, 0.2) is 35.1 Å². The minimum atomic E-state index is -0.350. The second kappa shape index (κ2) is 10.9. The number of amides is 1. The molecule has 2 aromatic carbocycles. The van der Waals surface area contributed by atoms with E-state index in [4.69, 9.17) is 18.9 Å². The standard InChI is InChI=1S/C24H30N4O6/c1-27(19(29)14-31-3)12-15-8-7-9-16(10-15)13-28(2)24-25-17-11-18(32-4)21(33-5)22(34-6)20(17)23(30)26-24/h7-11H,12-14H2,1-6H3,(H,25,26,30). The number of likely N-dealkylation sites (N-methyl/N-ethyl adjacent to an activating group) is 1. The Kier molecular flexibility index (Phi) is 7.95. The first-order valence-electron chi connectivity index (χ1n) is 10.6. The van der Waals surface area contributed by atoms with Crippen LogP contribution in [0.5, 0.6) is 17.2 Å². The van der Waals surface area contributed by atoms with Gasteiger partial charge in [-0.2, -0.15) is 0 Å². The lowest BCUT2D eigenvalue weighted by Crippen LogP contribution is -2.29. The second-order valence-electron chi connectivity index (χ2n) is 7.79. The maximum atomic E-state index is 13.0. The number of methoxy groups -OCH3 is 4. The summed E-state index contributed by atoms with van der Waals surface area (Å²) in [4.78, 5) is 35.8. The van der Waals surface area contributed by atoms with E-state index in [9.17, 15) is 9.59 Å². The van der Waals surface area contributed by atoms with Crippen molar-refractivity contribution >= 4 is 22.8 Å². The number of fused-ring (bicyclic) bond motifs is 1. The van der Waals surface area contributed by atoms with Crippen LogP contribution < -0.4 is 24.7 Å². The highest BCUT2D eigenvalue weighted by Crippen LogP contribution is 2.41. The molecule has 10 heteroatoms. The average molecular weight is 471 g/mol. The first-order valence-corrected chi connectivity index (χ1v) is 10.6. The van der Waals surface area contributed by atoms with Crippen molar-refractivity contribution < 1.29 is 23.7 Å².